The lowest BCUT2D eigenvalue weighted by molar-refractivity contribution is -0.138. The van der Waals surface area contributed by atoms with Crippen LogP contribution in [-0.2, 0) is 61.1 Å². The largest absolute Gasteiger partial charge is 0.488 e. The van der Waals surface area contributed by atoms with E-state index in [-0.39, 0.29) is 47.5 Å². The van der Waals surface area contributed by atoms with Crippen LogP contribution in [0, 0.1) is 11.6 Å². The van der Waals surface area contributed by atoms with E-state index >= 15 is 0 Å². The Labute approximate surface area is 459 Å². The van der Waals surface area contributed by atoms with Crippen LogP contribution in [0.1, 0.15) is 61.8 Å². The highest BCUT2D eigenvalue weighted by molar-refractivity contribution is 7.15. The highest BCUT2D eigenvalue weighted by atomic mass is 32.1. The van der Waals surface area contributed by atoms with Crippen molar-refractivity contribution in [3.05, 3.63) is 217 Å². The summed E-state index contributed by atoms with van der Waals surface area (Å²) in [6.07, 6.45) is -6.42. The fraction of sp³-hybridized carbons (Fsp3) is 0.211. The number of alkyl halides is 6. The van der Waals surface area contributed by atoms with Gasteiger partial charge in [0.15, 0.2) is 11.7 Å². The van der Waals surface area contributed by atoms with E-state index < -0.39 is 40.9 Å². The van der Waals surface area contributed by atoms with E-state index in [1.54, 1.807) is 0 Å². The summed E-state index contributed by atoms with van der Waals surface area (Å²) in [6, 6.07) is 37.3. The highest BCUT2D eigenvalue weighted by Gasteiger charge is 2.31. The number of amidine groups is 1. The quantitative estimate of drug-likeness (QED) is 0.0147. The van der Waals surface area contributed by atoms with Crippen LogP contribution in [0.15, 0.2) is 160 Å². The molecule has 4 N–H and O–H groups in total. The molecule has 0 aliphatic carbocycles. The Bertz CT molecular complexity index is 3520. The van der Waals surface area contributed by atoms with E-state index in [1.165, 1.54) is 71.2 Å². The van der Waals surface area contributed by atoms with Gasteiger partial charge in [-0.1, -0.05) is 95.2 Å². The number of H-pyrrole nitrogens is 1. The summed E-state index contributed by atoms with van der Waals surface area (Å²) in [5, 5.41) is 16.2. The maximum absolute atomic E-state index is 14.7. The van der Waals surface area contributed by atoms with Crippen molar-refractivity contribution in [1.29, 1.82) is 0 Å². The van der Waals surface area contributed by atoms with Gasteiger partial charge in [0.05, 0.1) is 56.6 Å². The van der Waals surface area contributed by atoms with Gasteiger partial charge >= 0.3 is 18.1 Å². The van der Waals surface area contributed by atoms with Crippen molar-refractivity contribution in [1.82, 2.24) is 20.1 Å². The number of aromatic amines is 1. The molecule has 0 unspecified atom stereocenters. The Morgan fingerprint density at radius 1 is 0.613 bits per heavy atom. The van der Waals surface area contributed by atoms with Gasteiger partial charge in [-0.15, -0.1) is 22.7 Å². The van der Waals surface area contributed by atoms with E-state index in [0.29, 0.717) is 73.3 Å². The number of nitrogens with one attached hydrogen (secondary N) is 1. The van der Waals surface area contributed by atoms with E-state index in [9.17, 15) is 39.9 Å². The molecule has 0 amide bonds. The van der Waals surface area contributed by atoms with Crippen molar-refractivity contribution in [3.63, 3.8) is 0 Å². The Kier molecular flexibility index (Phi) is 19.6. The fourth-order valence-electron chi connectivity index (χ4n) is 7.71. The zero-order valence-corrected chi connectivity index (χ0v) is 43.7. The molecule has 9 rings (SSSR count). The van der Waals surface area contributed by atoms with E-state index in [1.807, 2.05) is 60.7 Å². The Morgan fingerprint density at radius 2 is 1.07 bits per heavy atom. The van der Waals surface area contributed by atoms with Crippen LogP contribution in [0.3, 0.4) is 0 Å². The number of benzene rings is 6. The van der Waals surface area contributed by atoms with Gasteiger partial charge in [-0.3, -0.25) is 9.51 Å². The number of oxime groups is 1. The summed E-state index contributed by atoms with van der Waals surface area (Å²) in [5.41, 5.74) is 8.65. The number of thiazole rings is 2. The molecule has 0 spiro atoms. The van der Waals surface area contributed by atoms with Crippen LogP contribution >= 0.6 is 22.7 Å². The summed E-state index contributed by atoms with van der Waals surface area (Å²) in [5.74, 6) is -2.13. The molecule has 0 radical (unpaired) electrons. The maximum Gasteiger partial charge on any atom is 0.439 e. The number of nitrogens with zero attached hydrogens (tertiary/aromatic N) is 4. The average Bonchev–Trinajstić information content (AvgIpc) is 4.22. The number of nitrogens with two attached hydrogens (primary N) is 1. The first-order chi connectivity index (χ1) is 38.5. The Balaban J connectivity index is 0.000000211. The van der Waals surface area contributed by atoms with Gasteiger partial charge in [-0.05, 0) is 85.3 Å². The summed E-state index contributed by atoms with van der Waals surface area (Å²) >= 11 is 2.60. The van der Waals surface area contributed by atoms with Crippen molar-refractivity contribution < 1.29 is 63.8 Å². The molecule has 0 saturated heterocycles. The lowest BCUT2D eigenvalue weighted by Gasteiger charge is -2.08. The molecule has 13 nitrogen and oxygen atoms in total. The zero-order chi connectivity index (χ0) is 56.7. The van der Waals surface area contributed by atoms with Crippen LogP contribution in [0.4, 0.5) is 35.1 Å². The third-order valence-corrected chi connectivity index (χ3v) is 14.0. The minimum absolute atomic E-state index is 0.0422. The molecule has 0 fully saturated rings. The predicted molar refractivity (Wildman–Crippen MR) is 284 cm³/mol. The molecule has 6 aromatic carbocycles. The molecule has 80 heavy (non-hydrogen) atoms. The van der Waals surface area contributed by atoms with E-state index in [0.717, 1.165) is 68.7 Å². The lowest BCUT2D eigenvalue weighted by atomic mass is 10.1. The number of ether oxygens (including phenoxy) is 4. The first-order valence-electron chi connectivity index (χ1n) is 24.5. The molecule has 0 saturated carbocycles. The monoisotopic (exact) mass is 1140 g/mol. The first-order valence-corrected chi connectivity index (χ1v) is 26.1. The molecule has 0 aliphatic rings. The second kappa shape index (κ2) is 27.1. The Morgan fingerprint density at radius 3 is 1.49 bits per heavy atom. The highest BCUT2D eigenvalue weighted by Crippen LogP contribution is 2.36. The van der Waals surface area contributed by atoms with Crippen molar-refractivity contribution >= 4 is 28.5 Å². The molecule has 0 atom stereocenters. The van der Waals surface area contributed by atoms with Crippen LogP contribution in [0.25, 0.3) is 32.5 Å². The average molecular weight is 1150 g/mol. The number of hydrogen-bond donors (Lipinski definition) is 3. The molecule has 9 aromatic rings. The lowest BCUT2D eigenvalue weighted by Crippen LogP contribution is -2.15. The molecule has 0 aliphatic heterocycles. The van der Waals surface area contributed by atoms with Gasteiger partial charge < -0.3 is 29.9 Å². The molecule has 0 bridgehead atoms. The van der Waals surface area contributed by atoms with Gasteiger partial charge in [0.25, 0.3) is 0 Å². The molecule has 416 valence electrons. The second-order valence-corrected chi connectivity index (χ2v) is 19.7. The SMILES string of the molecule is NC(=NO)c1ccc(OCc2sc(-c3ccc(C(F)(F)F)cc3)nc2CCCOCc2ccccc2)cc1F.O=c1[nH]c(-c2ccc(OCc3sc(-c4ccc(C(F)(F)F)cc4)nc3CCCOCc3ccccc3)cc2F)no1. The summed E-state index contributed by atoms with van der Waals surface area (Å²) in [6.45, 7) is 2.08. The molecular weight excluding hydrogens is 1100 g/mol. The predicted octanol–water partition coefficient (Wildman–Crippen LogP) is 13.8. The van der Waals surface area contributed by atoms with Gasteiger partial charge in [-0.25, -0.2) is 23.5 Å². The smallest absolute Gasteiger partial charge is 0.439 e. The number of halogens is 8. The topological polar surface area (TPSA) is 180 Å². The van der Waals surface area contributed by atoms with Crippen LogP contribution in [-0.4, -0.2) is 44.4 Å². The number of rotatable bonds is 22. The van der Waals surface area contributed by atoms with Crippen LogP contribution in [0.5, 0.6) is 11.5 Å². The maximum atomic E-state index is 14.7. The van der Waals surface area contributed by atoms with Gasteiger partial charge in [-0.2, -0.15) is 26.3 Å². The third-order valence-electron chi connectivity index (χ3n) is 11.8. The van der Waals surface area contributed by atoms with Crippen LogP contribution < -0.4 is 21.0 Å². The minimum Gasteiger partial charge on any atom is -0.488 e. The third kappa shape index (κ3) is 16.2. The van der Waals surface area contributed by atoms with Crippen molar-refractivity contribution in [2.45, 2.75) is 64.5 Å². The van der Waals surface area contributed by atoms with E-state index in [4.69, 9.17) is 29.9 Å². The number of hydrogen-bond acceptors (Lipinski definition) is 13. The summed E-state index contributed by atoms with van der Waals surface area (Å²) < 4.78 is 135. The Hall–Kier alpha value is -8.25. The summed E-state index contributed by atoms with van der Waals surface area (Å²) in [4.78, 5) is 24.4. The number of aryl methyl sites for hydroxylation is 2. The fourth-order valence-corrected chi connectivity index (χ4v) is 9.77. The van der Waals surface area contributed by atoms with Crippen LogP contribution in [0.2, 0.25) is 0 Å². The number of aromatic nitrogens is 4. The second-order valence-electron chi connectivity index (χ2n) is 17.5. The molecule has 3 aromatic heterocycles. The molecule has 3 heterocycles. The first kappa shape index (κ1) is 57.9. The normalized spacial score (nSPS) is 11.8. The van der Waals surface area contributed by atoms with E-state index in [2.05, 4.69) is 29.8 Å². The summed E-state index contributed by atoms with van der Waals surface area (Å²) in [7, 11) is 0. The standard InChI is InChI=1S/C29H23F4N3O4S.C28H25F4N3O3S/c30-23-15-21(12-13-22(23)26-35-28(37)40-36-26)39-17-25-24(7-4-14-38-16-18-5-2-1-3-6-18)34-27(41-25)19-8-10-20(11-9-19)29(31,32)33;29-23-15-21(12-13-22(23)26(33)35-36)38-17-25-24(7-4-14-37-16-18-5-2-1-3-6-18)34-27(39-25)19-8-10-20(11-9-19)28(30,31)32/h1-3,5-6,8-13,15H,4,7,14,16-17H2,(H,35,36,37);1-3,5-6,8-13,15,36H,4,7,14,16-17H2,(H2,33,35). The van der Waals surface area contributed by atoms with Crippen molar-refractivity contribution in [3.8, 4) is 44.0 Å². The van der Waals surface area contributed by atoms with Gasteiger partial charge in [0.1, 0.15) is 46.4 Å². The van der Waals surface area contributed by atoms with Gasteiger partial charge in [0.2, 0.25) is 0 Å². The van der Waals surface area contributed by atoms with Crippen molar-refractivity contribution in [2.75, 3.05) is 13.2 Å². The molecular formula is C57H48F8N6O7S2. The zero-order valence-electron chi connectivity index (χ0n) is 42.0. The van der Waals surface area contributed by atoms with Gasteiger partial charge in [0, 0.05) is 36.5 Å². The van der Waals surface area contributed by atoms with Crippen molar-refractivity contribution in [2.24, 2.45) is 10.9 Å². The minimum atomic E-state index is -4.43. The molecule has 23 heteroatoms.